The Bertz CT molecular complexity index is 408. The van der Waals surface area contributed by atoms with E-state index in [4.69, 9.17) is 0 Å². The summed E-state index contributed by atoms with van der Waals surface area (Å²) in [4.78, 5) is 4.84. The van der Waals surface area contributed by atoms with E-state index in [1.54, 1.807) is 11.1 Å². The van der Waals surface area contributed by atoms with Gasteiger partial charge in [0.05, 0.1) is 0 Å². The van der Waals surface area contributed by atoms with Crippen LogP contribution < -0.4 is 0 Å². The molecule has 0 amide bonds. The van der Waals surface area contributed by atoms with Crippen LogP contribution in [0, 0.1) is 0 Å². The summed E-state index contributed by atoms with van der Waals surface area (Å²) in [6, 6.07) is 10.4. The summed E-state index contributed by atoms with van der Waals surface area (Å²) in [5.41, 5.74) is 3.10. The summed E-state index contributed by atoms with van der Waals surface area (Å²) in [7, 11) is 4.41. The lowest BCUT2D eigenvalue weighted by Gasteiger charge is -2.23. The molecule has 1 aromatic rings. The van der Waals surface area contributed by atoms with Crippen LogP contribution in [0.5, 0.6) is 0 Å². The van der Waals surface area contributed by atoms with Gasteiger partial charge in [-0.2, -0.15) is 0 Å². The van der Waals surface area contributed by atoms with Crippen LogP contribution >= 0.6 is 0 Å². The molecular formula is C20H38N2. The second kappa shape index (κ2) is 10.0. The minimum atomic E-state index is 0. The molecule has 2 atom stereocenters. The minimum absolute atomic E-state index is 0. The number of benzene rings is 1. The Balaban J connectivity index is 0.000000425. The predicted octanol–water partition coefficient (Wildman–Crippen LogP) is 5.00. The van der Waals surface area contributed by atoms with Gasteiger partial charge in [0, 0.05) is 12.1 Å². The first-order valence-corrected chi connectivity index (χ1v) is 8.11. The summed E-state index contributed by atoms with van der Waals surface area (Å²) >= 11 is 0. The largest absolute Gasteiger partial charge is 0.304 e. The molecule has 0 spiro atoms. The molecule has 3 rings (SSSR count). The lowest BCUT2D eigenvalue weighted by Crippen LogP contribution is -2.22. The molecular weight excluding hydrogens is 268 g/mol. The highest BCUT2D eigenvalue weighted by Crippen LogP contribution is 2.34. The van der Waals surface area contributed by atoms with Crippen molar-refractivity contribution in [1.29, 1.82) is 0 Å². The quantitative estimate of drug-likeness (QED) is 0.759. The molecule has 1 fully saturated rings. The third-order valence-corrected chi connectivity index (χ3v) is 5.02. The van der Waals surface area contributed by atoms with Crippen LogP contribution in [0.3, 0.4) is 0 Å². The first-order valence-electron chi connectivity index (χ1n) is 8.11. The zero-order valence-corrected chi connectivity index (χ0v) is 13.6. The third kappa shape index (κ3) is 5.10. The SMILES string of the molecule is C.C.CC1CCCN1C.CCN(C)C1CCc2ccccc21. The molecule has 2 unspecified atom stereocenters. The van der Waals surface area contributed by atoms with Crippen LogP contribution in [0.1, 0.15) is 65.1 Å². The molecule has 1 aliphatic carbocycles. The fourth-order valence-electron chi connectivity index (χ4n) is 3.29. The van der Waals surface area contributed by atoms with E-state index in [0.717, 1.165) is 12.6 Å². The number of hydrogen-bond acceptors (Lipinski definition) is 2. The molecule has 0 saturated carbocycles. The normalized spacial score (nSPS) is 23.1. The monoisotopic (exact) mass is 306 g/mol. The maximum absolute atomic E-state index is 2.44. The number of rotatable bonds is 2. The first-order chi connectivity index (χ1) is 9.63. The van der Waals surface area contributed by atoms with E-state index in [0.29, 0.717) is 6.04 Å². The van der Waals surface area contributed by atoms with Crippen molar-refractivity contribution < 1.29 is 0 Å². The van der Waals surface area contributed by atoms with Crippen molar-refractivity contribution in [2.24, 2.45) is 0 Å². The van der Waals surface area contributed by atoms with Gasteiger partial charge in [0.1, 0.15) is 0 Å². The van der Waals surface area contributed by atoms with Gasteiger partial charge in [0.15, 0.2) is 0 Å². The number of nitrogens with zero attached hydrogens (tertiary/aromatic N) is 2. The van der Waals surface area contributed by atoms with Crippen molar-refractivity contribution in [2.75, 3.05) is 27.2 Å². The maximum Gasteiger partial charge on any atom is 0.0350 e. The molecule has 0 aromatic heterocycles. The van der Waals surface area contributed by atoms with Crippen LogP contribution in [-0.4, -0.2) is 43.0 Å². The van der Waals surface area contributed by atoms with E-state index >= 15 is 0 Å². The Morgan fingerprint density at radius 3 is 2.36 bits per heavy atom. The molecule has 128 valence electrons. The van der Waals surface area contributed by atoms with E-state index < -0.39 is 0 Å². The van der Waals surface area contributed by atoms with Crippen molar-refractivity contribution in [2.45, 2.75) is 66.5 Å². The highest BCUT2D eigenvalue weighted by Gasteiger charge is 2.24. The van der Waals surface area contributed by atoms with Crippen molar-refractivity contribution >= 4 is 0 Å². The van der Waals surface area contributed by atoms with Gasteiger partial charge in [-0.3, -0.25) is 4.90 Å². The highest BCUT2D eigenvalue weighted by molar-refractivity contribution is 5.34. The molecule has 1 aliphatic heterocycles. The molecule has 1 aromatic carbocycles. The Labute approximate surface area is 139 Å². The van der Waals surface area contributed by atoms with Crippen LogP contribution in [0.2, 0.25) is 0 Å². The van der Waals surface area contributed by atoms with Crippen molar-refractivity contribution in [1.82, 2.24) is 9.80 Å². The van der Waals surface area contributed by atoms with Crippen LogP contribution in [0.25, 0.3) is 0 Å². The van der Waals surface area contributed by atoms with E-state index in [2.05, 4.69) is 62.0 Å². The Morgan fingerprint density at radius 1 is 1.18 bits per heavy atom. The van der Waals surface area contributed by atoms with E-state index in [1.807, 2.05) is 0 Å². The second-order valence-electron chi connectivity index (χ2n) is 6.30. The fourth-order valence-corrected chi connectivity index (χ4v) is 3.29. The first kappa shape index (κ1) is 21.1. The fraction of sp³-hybridized carbons (Fsp3) is 0.700. The smallest absolute Gasteiger partial charge is 0.0350 e. The van der Waals surface area contributed by atoms with Gasteiger partial charge >= 0.3 is 0 Å². The molecule has 22 heavy (non-hydrogen) atoms. The van der Waals surface area contributed by atoms with Crippen molar-refractivity contribution in [3.63, 3.8) is 0 Å². The molecule has 2 nitrogen and oxygen atoms in total. The molecule has 0 bridgehead atoms. The summed E-state index contributed by atoms with van der Waals surface area (Å²) < 4.78 is 0. The number of hydrogen-bond donors (Lipinski definition) is 0. The van der Waals surface area contributed by atoms with Gasteiger partial charge in [-0.15, -0.1) is 0 Å². The number of fused-ring (bicyclic) bond motifs is 1. The van der Waals surface area contributed by atoms with Gasteiger partial charge < -0.3 is 4.90 Å². The standard InChI is InChI=1S/C12H17N.C6H13N.2CH4/c1-3-13(2)12-9-8-10-6-4-5-7-11(10)12;1-6-4-3-5-7(6)2;;/h4-7,12H,3,8-9H2,1-2H3;6H,3-5H2,1-2H3;2*1H4. The van der Waals surface area contributed by atoms with Gasteiger partial charge in [-0.25, -0.2) is 0 Å². The summed E-state index contributed by atoms with van der Waals surface area (Å²) in [5.74, 6) is 0. The topological polar surface area (TPSA) is 6.48 Å². The lowest BCUT2D eigenvalue weighted by atomic mass is 10.1. The molecule has 0 radical (unpaired) electrons. The third-order valence-electron chi connectivity index (χ3n) is 5.02. The van der Waals surface area contributed by atoms with Crippen LogP contribution in [0.4, 0.5) is 0 Å². The van der Waals surface area contributed by atoms with Crippen LogP contribution in [-0.2, 0) is 6.42 Å². The number of likely N-dealkylation sites (tertiary alicyclic amines) is 1. The van der Waals surface area contributed by atoms with E-state index in [1.165, 1.54) is 32.2 Å². The zero-order chi connectivity index (χ0) is 14.5. The summed E-state index contributed by atoms with van der Waals surface area (Å²) in [6.45, 7) is 6.95. The van der Waals surface area contributed by atoms with Gasteiger partial charge in [0.25, 0.3) is 0 Å². The zero-order valence-electron chi connectivity index (χ0n) is 13.6. The van der Waals surface area contributed by atoms with Crippen molar-refractivity contribution in [3.8, 4) is 0 Å². The average Bonchev–Trinajstić information content (AvgIpc) is 3.06. The van der Waals surface area contributed by atoms with E-state index in [9.17, 15) is 0 Å². The summed E-state index contributed by atoms with van der Waals surface area (Å²) in [5, 5.41) is 0. The second-order valence-corrected chi connectivity index (χ2v) is 6.30. The minimum Gasteiger partial charge on any atom is -0.304 e. The molecule has 1 heterocycles. The predicted molar refractivity (Wildman–Crippen MR) is 101 cm³/mol. The molecule has 1 saturated heterocycles. The maximum atomic E-state index is 2.44. The van der Waals surface area contributed by atoms with E-state index in [-0.39, 0.29) is 14.9 Å². The highest BCUT2D eigenvalue weighted by atomic mass is 15.1. The lowest BCUT2D eigenvalue weighted by molar-refractivity contribution is 0.257. The Morgan fingerprint density at radius 2 is 1.86 bits per heavy atom. The van der Waals surface area contributed by atoms with Crippen molar-refractivity contribution in [3.05, 3.63) is 35.4 Å². The molecule has 0 N–H and O–H groups in total. The average molecular weight is 307 g/mol. The number of aryl methyl sites for hydroxylation is 1. The summed E-state index contributed by atoms with van der Waals surface area (Å²) in [6.07, 6.45) is 5.35. The Hall–Kier alpha value is -0.860. The molecule has 2 aliphatic rings. The van der Waals surface area contributed by atoms with Gasteiger partial charge in [-0.1, -0.05) is 46.0 Å². The van der Waals surface area contributed by atoms with Crippen LogP contribution in [0.15, 0.2) is 24.3 Å². The van der Waals surface area contributed by atoms with Gasteiger partial charge in [0.2, 0.25) is 0 Å². The molecule has 2 heteroatoms. The van der Waals surface area contributed by atoms with Gasteiger partial charge in [-0.05, 0) is 70.9 Å². The Kier molecular flexibility index (Phi) is 9.63.